The van der Waals surface area contributed by atoms with E-state index in [4.69, 9.17) is 0 Å². The van der Waals surface area contributed by atoms with E-state index in [-0.39, 0.29) is 11.3 Å². The number of aliphatic hydroxyl groups excluding tert-OH is 1. The van der Waals surface area contributed by atoms with Gasteiger partial charge in [-0.25, -0.2) is 0 Å². The number of rotatable bonds is 0. The second-order valence-electron chi connectivity index (χ2n) is 4.71. The zero-order valence-corrected chi connectivity index (χ0v) is 9.03. The van der Waals surface area contributed by atoms with Crippen molar-refractivity contribution < 1.29 is 10.2 Å². The van der Waals surface area contributed by atoms with Gasteiger partial charge in [0.1, 0.15) is 11.9 Å². The van der Waals surface area contributed by atoms with E-state index >= 15 is 0 Å². The fourth-order valence-corrected chi connectivity index (χ4v) is 2.80. The first kappa shape index (κ1) is 9.93. The minimum atomic E-state index is -0.467. The maximum Gasteiger partial charge on any atom is 0.117 e. The van der Waals surface area contributed by atoms with Crippen LogP contribution in [-0.2, 0) is 0 Å². The van der Waals surface area contributed by atoms with E-state index in [9.17, 15) is 10.2 Å². The molecule has 1 fully saturated rings. The normalized spacial score (nSPS) is 26.4. The summed E-state index contributed by atoms with van der Waals surface area (Å²) < 4.78 is 0. The molecule has 1 spiro atoms. The van der Waals surface area contributed by atoms with Gasteiger partial charge in [0.05, 0.1) is 5.54 Å². The van der Waals surface area contributed by atoms with E-state index in [0.29, 0.717) is 0 Å². The zero-order chi connectivity index (χ0) is 11.2. The second-order valence-corrected chi connectivity index (χ2v) is 4.71. The summed E-state index contributed by atoms with van der Waals surface area (Å²) in [5, 5.41) is 26.5. The van der Waals surface area contributed by atoms with E-state index in [2.05, 4.69) is 10.6 Å². The number of phenolic OH excluding ortho intramolecular Hbond substituents is 1. The summed E-state index contributed by atoms with van der Waals surface area (Å²) in [7, 11) is 0. The lowest BCUT2D eigenvalue weighted by molar-refractivity contribution is 0.0873. The topological polar surface area (TPSA) is 64.5 Å². The maximum absolute atomic E-state index is 10.4. The summed E-state index contributed by atoms with van der Waals surface area (Å²) in [6, 6.07) is 5.12. The number of hydrogen-bond donors (Lipinski definition) is 4. The van der Waals surface area contributed by atoms with Gasteiger partial charge in [-0.1, -0.05) is 6.07 Å². The molecule has 2 heterocycles. The average molecular weight is 220 g/mol. The molecule has 0 saturated carbocycles. The summed E-state index contributed by atoms with van der Waals surface area (Å²) in [5.41, 5.74) is 1.54. The molecule has 0 aromatic heterocycles. The van der Waals surface area contributed by atoms with Gasteiger partial charge in [-0.3, -0.25) is 0 Å². The molecular formula is C12H16N2O2. The Morgan fingerprint density at radius 3 is 2.75 bits per heavy atom. The van der Waals surface area contributed by atoms with E-state index in [0.717, 1.165) is 37.2 Å². The molecule has 0 amide bonds. The standard InChI is InChI=1S/C12H16N2O2/c15-8-1-2-9-10(7-8)14-12(11(9)16)3-5-13-6-4-12/h1-2,7,11,13-16H,3-6H2. The highest BCUT2D eigenvalue weighted by atomic mass is 16.3. The van der Waals surface area contributed by atoms with E-state index < -0.39 is 6.10 Å². The van der Waals surface area contributed by atoms with Crippen molar-refractivity contribution in [1.29, 1.82) is 0 Å². The van der Waals surface area contributed by atoms with Gasteiger partial charge in [-0.2, -0.15) is 0 Å². The monoisotopic (exact) mass is 220 g/mol. The lowest BCUT2D eigenvalue weighted by Crippen LogP contribution is -2.48. The van der Waals surface area contributed by atoms with Gasteiger partial charge in [0.15, 0.2) is 0 Å². The highest BCUT2D eigenvalue weighted by molar-refractivity contribution is 5.63. The Kier molecular flexibility index (Phi) is 2.09. The summed E-state index contributed by atoms with van der Waals surface area (Å²) >= 11 is 0. The second kappa shape index (κ2) is 3.37. The number of benzene rings is 1. The molecule has 1 aromatic rings. The number of nitrogens with one attached hydrogen (secondary N) is 2. The molecule has 0 radical (unpaired) electrons. The third-order valence-electron chi connectivity index (χ3n) is 3.73. The first-order chi connectivity index (χ1) is 7.71. The van der Waals surface area contributed by atoms with Crippen LogP contribution in [0.15, 0.2) is 18.2 Å². The lowest BCUT2D eigenvalue weighted by Gasteiger charge is -2.37. The van der Waals surface area contributed by atoms with Gasteiger partial charge in [0, 0.05) is 17.3 Å². The molecule has 1 unspecified atom stereocenters. The van der Waals surface area contributed by atoms with Crippen LogP contribution in [0.3, 0.4) is 0 Å². The van der Waals surface area contributed by atoms with E-state index in [1.165, 1.54) is 0 Å². The molecule has 16 heavy (non-hydrogen) atoms. The van der Waals surface area contributed by atoms with Crippen molar-refractivity contribution in [3.63, 3.8) is 0 Å². The smallest absolute Gasteiger partial charge is 0.117 e. The number of phenols is 1. The fraction of sp³-hybridized carbons (Fsp3) is 0.500. The van der Waals surface area contributed by atoms with Gasteiger partial charge in [0.25, 0.3) is 0 Å². The zero-order valence-electron chi connectivity index (χ0n) is 9.03. The summed E-state index contributed by atoms with van der Waals surface area (Å²) in [6.45, 7) is 1.84. The highest BCUT2D eigenvalue weighted by Crippen LogP contribution is 2.46. The molecule has 4 heteroatoms. The van der Waals surface area contributed by atoms with Crippen LogP contribution in [0, 0.1) is 0 Å². The molecular weight excluding hydrogens is 204 g/mol. The van der Waals surface area contributed by atoms with Crippen LogP contribution in [0.4, 0.5) is 5.69 Å². The Morgan fingerprint density at radius 1 is 1.25 bits per heavy atom. The summed E-state index contributed by atoms with van der Waals surface area (Å²) in [5.74, 6) is 0.240. The molecule has 1 aromatic carbocycles. The van der Waals surface area contributed by atoms with Crippen LogP contribution in [0.5, 0.6) is 5.75 Å². The SMILES string of the molecule is Oc1ccc2c(c1)NC1(CCNCC1)C2O. The molecule has 1 saturated heterocycles. The highest BCUT2D eigenvalue weighted by Gasteiger charge is 2.45. The van der Waals surface area contributed by atoms with Gasteiger partial charge in [-0.05, 0) is 32.0 Å². The number of fused-ring (bicyclic) bond motifs is 1. The Balaban J connectivity index is 1.98. The summed E-state index contributed by atoms with van der Waals surface area (Å²) in [6.07, 6.45) is 1.35. The molecule has 0 aliphatic carbocycles. The van der Waals surface area contributed by atoms with Crippen LogP contribution < -0.4 is 10.6 Å². The Hall–Kier alpha value is -1.26. The van der Waals surface area contributed by atoms with Crippen LogP contribution in [0.2, 0.25) is 0 Å². The van der Waals surface area contributed by atoms with Crippen molar-refractivity contribution in [1.82, 2.24) is 5.32 Å². The largest absolute Gasteiger partial charge is 0.508 e. The average Bonchev–Trinajstić information content (AvgIpc) is 2.53. The van der Waals surface area contributed by atoms with Crippen LogP contribution in [0.1, 0.15) is 24.5 Å². The minimum Gasteiger partial charge on any atom is -0.508 e. The van der Waals surface area contributed by atoms with Crippen molar-refractivity contribution in [2.24, 2.45) is 0 Å². The number of aliphatic hydroxyl groups is 1. The lowest BCUT2D eigenvalue weighted by atomic mass is 9.83. The van der Waals surface area contributed by atoms with Gasteiger partial charge < -0.3 is 20.8 Å². The molecule has 4 N–H and O–H groups in total. The molecule has 2 aliphatic heterocycles. The van der Waals surface area contributed by atoms with Gasteiger partial charge in [0.2, 0.25) is 0 Å². The first-order valence-corrected chi connectivity index (χ1v) is 5.71. The third kappa shape index (κ3) is 1.30. The van der Waals surface area contributed by atoms with Crippen molar-refractivity contribution in [3.8, 4) is 5.75 Å². The van der Waals surface area contributed by atoms with Crippen LogP contribution in [-0.4, -0.2) is 28.8 Å². The molecule has 86 valence electrons. The quantitative estimate of drug-likeness (QED) is 0.526. The fourth-order valence-electron chi connectivity index (χ4n) is 2.80. The van der Waals surface area contributed by atoms with Crippen LogP contribution in [0.25, 0.3) is 0 Å². The van der Waals surface area contributed by atoms with E-state index in [1.54, 1.807) is 18.2 Å². The van der Waals surface area contributed by atoms with Crippen molar-refractivity contribution >= 4 is 5.69 Å². The van der Waals surface area contributed by atoms with Crippen LogP contribution >= 0.6 is 0 Å². The molecule has 1 atom stereocenters. The Bertz CT molecular complexity index is 413. The van der Waals surface area contributed by atoms with E-state index in [1.807, 2.05) is 0 Å². The molecule has 3 rings (SSSR count). The maximum atomic E-state index is 10.4. The third-order valence-corrected chi connectivity index (χ3v) is 3.73. The molecule has 0 bridgehead atoms. The predicted octanol–water partition coefficient (Wildman–Crippen LogP) is 0.973. The van der Waals surface area contributed by atoms with Gasteiger partial charge in [-0.15, -0.1) is 0 Å². The summed E-state index contributed by atoms with van der Waals surface area (Å²) in [4.78, 5) is 0. The van der Waals surface area contributed by atoms with Crippen molar-refractivity contribution in [3.05, 3.63) is 23.8 Å². The number of aromatic hydroxyl groups is 1. The van der Waals surface area contributed by atoms with Crippen molar-refractivity contribution in [2.45, 2.75) is 24.5 Å². The minimum absolute atomic E-state index is 0.235. The van der Waals surface area contributed by atoms with Crippen molar-refractivity contribution in [2.75, 3.05) is 18.4 Å². The Morgan fingerprint density at radius 2 is 2.00 bits per heavy atom. The number of hydrogen-bond acceptors (Lipinski definition) is 4. The first-order valence-electron chi connectivity index (χ1n) is 5.71. The number of piperidine rings is 1. The molecule has 2 aliphatic rings. The molecule has 4 nitrogen and oxygen atoms in total. The predicted molar refractivity (Wildman–Crippen MR) is 61.5 cm³/mol. The van der Waals surface area contributed by atoms with Gasteiger partial charge >= 0.3 is 0 Å². The number of anilines is 1. The Labute approximate surface area is 94.3 Å².